The summed E-state index contributed by atoms with van der Waals surface area (Å²) in [6.45, 7) is 4.95. The Labute approximate surface area is 93.6 Å². The molecule has 0 amide bonds. The fourth-order valence-electron chi connectivity index (χ4n) is 1.43. The fraction of sp³-hybridized carbons (Fsp3) is 0.300. The Balaban J connectivity index is 2.02. The fourth-order valence-corrected chi connectivity index (χ4v) is 1.43. The van der Waals surface area contributed by atoms with E-state index in [4.69, 9.17) is 0 Å². The lowest BCUT2D eigenvalue weighted by molar-refractivity contribution is 0.662. The highest BCUT2D eigenvalue weighted by Gasteiger charge is 2.04. The van der Waals surface area contributed by atoms with Crippen LogP contribution in [0.5, 0.6) is 0 Å². The SMILES string of the molecule is C=CCn1nnnc1NCc1cccn1C. The smallest absolute Gasteiger partial charge is 0.243 e. The first kappa shape index (κ1) is 10.4. The van der Waals surface area contributed by atoms with Crippen molar-refractivity contribution in [3.05, 3.63) is 36.7 Å². The molecular formula is C10H14N6. The van der Waals surface area contributed by atoms with Gasteiger partial charge in [-0.3, -0.25) is 0 Å². The third-order valence-corrected chi connectivity index (χ3v) is 2.31. The Morgan fingerprint density at radius 1 is 1.56 bits per heavy atom. The molecule has 0 aliphatic carbocycles. The van der Waals surface area contributed by atoms with Gasteiger partial charge in [0.2, 0.25) is 5.95 Å². The molecule has 0 radical (unpaired) electrons. The molecule has 0 saturated heterocycles. The highest BCUT2D eigenvalue weighted by Crippen LogP contribution is 2.04. The molecule has 2 heterocycles. The molecule has 16 heavy (non-hydrogen) atoms. The Bertz CT molecular complexity index is 469. The molecule has 6 nitrogen and oxygen atoms in total. The normalized spacial score (nSPS) is 10.3. The van der Waals surface area contributed by atoms with Gasteiger partial charge in [-0.1, -0.05) is 11.2 Å². The van der Waals surface area contributed by atoms with Crippen LogP contribution in [-0.4, -0.2) is 24.8 Å². The Morgan fingerprint density at radius 2 is 2.44 bits per heavy atom. The van der Waals surface area contributed by atoms with Crippen LogP contribution in [0.2, 0.25) is 0 Å². The second-order valence-corrected chi connectivity index (χ2v) is 3.44. The van der Waals surface area contributed by atoms with Gasteiger partial charge < -0.3 is 9.88 Å². The third-order valence-electron chi connectivity index (χ3n) is 2.31. The molecule has 0 atom stereocenters. The number of hydrogen-bond acceptors (Lipinski definition) is 4. The van der Waals surface area contributed by atoms with Gasteiger partial charge in [0.05, 0.1) is 13.1 Å². The van der Waals surface area contributed by atoms with Crippen molar-refractivity contribution in [1.82, 2.24) is 24.8 Å². The molecule has 0 spiro atoms. The van der Waals surface area contributed by atoms with Crippen LogP contribution in [0.4, 0.5) is 5.95 Å². The molecule has 0 bridgehead atoms. The monoisotopic (exact) mass is 218 g/mol. The van der Waals surface area contributed by atoms with E-state index >= 15 is 0 Å². The minimum Gasteiger partial charge on any atom is -0.353 e. The minimum absolute atomic E-state index is 0.600. The standard InChI is InChI=1S/C10H14N6/c1-3-6-16-10(12-13-14-16)11-8-9-5-4-7-15(9)2/h3-5,7H,1,6,8H2,2H3,(H,11,12,14). The number of nitrogens with zero attached hydrogens (tertiary/aromatic N) is 5. The number of anilines is 1. The largest absolute Gasteiger partial charge is 0.353 e. The van der Waals surface area contributed by atoms with Crippen molar-refractivity contribution in [3.8, 4) is 0 Å². The number of aromatic nitrogens is 5. The van der Waals surface area contributed by atoms with Gasteiger partial charge in [-0.25, -0.2) is 4.68 Å². The number of nitrogens with one attached hydrogen (secondary N) is 1. The van der Waals surface area contributed by atoms with E-state index in [2.05, 4.69) is 38.1 Å². The molecule has 2 aromatic heterocycles. The topological polar surface area (TPSA) is 60.6 Å². The first-order valence-electron chi connectivity index (χ1n) is 5.02. The highest BCUT2D eigenvalue weighted by atomic mass is 15.6. The number of tetrazole rings is 1. The van der Waals surface area contributed by atoms with Crippen LogP contribution in [0.3, 0.4) is 0 Å². The van der Waals surface area contributed by atoms with Gasteiger partial charge in [-0.2, -0.15) is 0 Å². The second kappa shape index (κ2) is 4.61. The summed E-state index contributed by atoms with van der Waals surface area (Å²) in [7, 11) is 2.00. The van der Waals surface area contributed by atoms with Crippen LogP contribution < -0.4 is 5.32 Å². The van der Waals surface area contributed by atoms with E-state index in [1.807, 2.05) is 19.3 Å². The predicted molar refractivity (Wildman–Crippen MR) is 60.8 cm³/mol. The number of hydrogen-bond donors (Lipinski definition) is 1. The summed E-state index contributed by atoms with van der Waals surface area (Å²) < 4.78 is 3.71. The van der Waals surface area contributed by atoms with Crippen LogP contribution >= 0.6 is 0 Å². The average Bonchev–Trinajstić information content (AvgIpc) is 2.86. The van der Waals surface area contributed by atoms with Gasteiger partial charge in [0.1, 0.15) is 0 Å². The van der Waals surface area contributed by atoms with Crippen LogP contribution in [0, 0.1) is 0 Å². The van der Waals surface area contributed by atoms with Gasteiger partial charge in [-0.15, -0.1) is 6.58 Å². The molecule has 0 aliphatic heterocycles. The Kier molecular flexibility index (Phi) is 3.00. The summed E-state index contributed by atoms with van der Waals surface area (Å²) in [5.74, 6) is 0.654. The predicted octanol–water partition coefficient (Wildman–Crippen LogP) is 0.810. The van der Waals surface area contributed by atoms with E-state index < -0.39 is 0 Å². The Hall–Kier alpha value is -2.11. The molecule has 0 unspecified atom stereocenters. The zero-order valence-corrected chi connectivity index (χ0v) is 9.17. The van der Waals surface area contributed by atoms with Crippen molar-refractivity contribution in [1.29, 1.82) is 0 Å². The van der Waals surface area contributed by atoms with Crippen molar-refractivity contribution in [3.63, 3.8) is 0 Å². The van der Waals surface area contributed by atoms with Crippen molar-refractivity contribution >= 4 is 5.95 Å². The quantitative estimate of drug-likeness (QED) is 0.754. The molecule has 2 aromatic rings. The molecular weight excluding hydrogens is 204 g/mol. The molecule has 1 N–H and O–H groups in total. The van der Waals surface area contributed by atoms with Crippen LogP contribution in [0.15, 0.2) is 31.0 Å². The molecule has 0 saturated carbocycles. The molecule has 6 heteroatoms. The van der Waals surface area contributed by atoms with E-state index in [1.54, 1.807) is 10.8 Å². The second-order valence-electron chi connectivity index (χ2n) is 3.44. The van der Waals surface area contributed by atoms with E-state index in [-0.39, 0.29) is 0 Å². The lowest BCUT2D eigenvalue weighted by Crippen LogP contribution is -2.10. The summed E-state index contributed by atoms with van der Waals surface area (Å²) >= 11 is 0. The molecule has 84 valence electrons. The zero-order chi connectivity index (χ0) is 11.4. The Morgan fingerprint density at radius 3 is 3.12 bits per heavy atom. The van der Waals surface area contributed by atoms with Crippen LogP contribution in [0.1, 0.15) is 5.69 Å². The van der Waals surface area contributed by atoms with Crippen molar-refractivity contribution in [2.45, 2.75) is 13.1 Å². The minimum atomic E-state index is 0.600. The first-order valence-corrected chi connectivity index (χ1v) is 5.02. The average molecular weight is 218 g/mol. The van der Waals surface area contributed by atoms with Gasteiger partial charge in [0.25, 0.3) is 0 Å². The van der Waals surface area contributed by atoms with Crippen LogP contribution in [-0.2, 0) is 20.1 Å². The number of rotatable bonds is 5. The third kappa shape index (κ3) is 2.10. The summed E-state index contributed by atoms with van der Waals surface area (Å²) in [5, 5.41) is 14.5. The first-order chi connectivity index (χ1) is 7.81. The zero-order valence-electron chi connectivity index (χ0n) is 9.17. The molecule has 0 fully saturated rings. The van der Waals surface area contributed by atoms with Gasteiger partial charge in [0, 0.05) is 18.9 Å². The molecule has 0 aliphatic rings. The molecule has 0 aromatic carbocycles. The van der Waals surface area contributed by atoms with Crippen molar-refractivity contribution in [2.75, 3.05) is 5.32 Å². The molecule has 2 rings (SSSR count). The van der Waals surface area contributed by atoms with E-state index in [1.165, 1.54) is 5.69 Å². The van der Waals surface area contributed by atoms with Crippen molar-refractivity contribution in [2.24, 2.45) is 7.05 Å². The summed E-state index contributed by atoms with van der Waals surface area (Å²) in [6, 6.07) is 4.05. The van der Waals surface area contributed by atoms with Crippen molar-refractivity contribution < 1.29 is 0 Å². The van der Waals surface area contributed by atoms with Gasteiger partial charge in [0.15, 0.2) is 0 Å². The number of allylic oxidation sites excluding steroid dienone is 1. The van der Waals surface area contributed by atoms with Gasteiger partial charge in [-0.05, 0) is 22.6 Å². The van der Waals surface area contributed by atoms with Crippen LogP contribution in [0.25, 0.3) is 0 Å². The van der Waals surface area contributed by atoms with Gasteiger partial charge >= 0.3 is 0 Å². The maximum Gasteiger partial charge on any atom is 0.243 e. The lowest BCUT2D eigenvalue weighted by Gasteiger charge is -2.06. The summed E-state index contributed by atoms with van der Waals surface area (Å²) in [6.07, 6.45) is 3.76. The summed E-state index contributed by atoms with van der Waals surface area (Å²) in [4.78, 5) is 0. The maximum atomic E-state index is 3.90. The highest BCUT2D eigenvalue weighted by molar-refractivity contribution is 5.24. The lowest BCUT2D eigenvalue weighted by atomic mass is 10.4. The van der Waals surface area contributed by atoms with E-state index in [9.17, 15) is 0 Å². The summed E-state index contributed by atoms with van der Waals surface area (Å²) in [5.41, 5.74) is 1.17. The number of aryl methyl sites for hydroxylation is 1. The van der Waals surface area contributed by atoms with E-state index in [0.717, 1.165) is 0 Å². The van der Waals surface area contributed by atoms with E-state index in [0.29, 0.717) is 19.0 Å². The maximum absolute atomic E-state index is 3.90.